The van der Waals surface area contributed by atoms with Gasteiger partial charge in [-0.05, 0) is 31.0 Å². The number of hydrogen-bond donors (Lipinski definition) is 0. The molecule has 49 heavy (non-hydrogen) atoms. The van der Waals surface area contributed by atoms with Crippen LogP contribution in [0.5, 0.6) is 11.5 Å². The van der Waals surface area contributed by atoms with Crippen LogP contribution in [0.1, 0.15) is 105 Å². The fraction of sp³-hybridized carbons (Fsp3) is 0.600. The molecule has 0 fully saturated rings. The van der Waals surface area contributed by atoms with Crippen LogP contribution in [0, 0.1) is 0 Å². The first-order valence-electron chi connectivity index (χ1n) is 18.4. The molecule has 2 unspecified atom stereocenters. The van der Waals surface area contributed by atoms with E-state index in [0.29, 0.717) is 29.7 Å². The zero-order chi connectivity index (χ0) is 35.3. The second-order valence-corrected chi connectivity index (χ2v) is 12.9. The highest BCUT2D eigenvalue weighted by Gasteiger charge is 2.22. The van der Waals surface area contributed by atoms with Crippen LogP contribution in [0.15, 0.2) is 42.5 Å². The van der Waals surface area contributed by atoms with Gasteiger partial charge >= 0.3 is 11.9 Å². The summed E-state index contributed by atoms with van der Waals surface area (Å²) in [7, 11) is 0. The van der Waals surface area contributed by atoms with Crippen molar-refractivity contribution in [2.45, 2.75) is 117 Å². The molecule has 0 bridgehead atoms. The van der Waals surface area contributed by atoms with Crippen molar-refractivity contribution >= 4 is 45.1 Å². The van der Waals surface area contributed by atoms with Gasteiger partial charge in [0.1, 0.15) is 24.7 Å². The number of carbonyl (C=O) groups excluding carboxylic acids is 2. The average Bonchev–Trinajstić information content (AvgIpc) is 3.11. The van der Waals surface area contributed by atoms with E-state index in [0.717, 1.165) is 47.2 Å². The van der Waals surface area contributed by atoms with E-state index in [1.165, 1.54) is 38.5 Å². The van der Waals surface area contributed by atoms with Crippen molar-refractivity contribution in [1.82, 2.24) is 0 Å². The standard InChI is InChI=1S/C40H57ClO8/c1-5-9-11-13-17-23-44-26-31(48-37(42)7-3)28-46-39-33-19-15-16-20-34(33)40(36-25-30(41)21-22-35(36)39)47-29-32(49-38(43)8-4)27-45-24-18-14-12-10-6-2/h15-16,19-22,25,31-32H,5-14,17-18,23-24,26-29H2,1-4H3. The van der Waals surface area contributed by atoms with Gasteiger partial charge < -0.3 is 28.4 Å². The van der Waals surface area contributed by atoms with Crippen LogP contribution >= 0.6 is 11.6 Å². The molecule has 0 saturated carbocycles. The normalized spacial score (nSPS) is 12.6. The van der Waals surface area contributed by atoms with E-state index in [9.17, 15) is 9.59 Å². The monoisotopic (exact) mass is 700 g/mol. The maximum absolute atomic E-state index is 12.3. The summed E-state index contributed by atoms with van der Waals surface area (Å²) < 4.78 is 36.3. The Bertz CT molecular complexity index is 1410. The van der Waals surface area contributed by atoms with E-state index in [1.54, 1.807) is 13.8 Å². The Labute approximate surface area is 298 Å². The molecule has 0 aliphatic carbocycles. The molecule has 8 nitrogen and oxygen atoms in total. The number of halogens is 1. The largest absolute Gasteiger partial charge is 0.488 e. The third-order valence-electron chi connectivity index (χ3n) is 8.28. The van der Waals surface area contributed by atoms with E-state index in [1.807, 2.05) is 42.5 Å². The Balaban J connectivity index is 1.82. The molecule has 0 amide bonds. The van der Waals surface area contributed by atoms with Gasteiger partial charge in [-0.25, -0.2) is 0 Å². The Hall–Kier alpha value is -3.07. The second-order valence-electron chi connectivity index (χ2n) is 12.4. The van der Waals surface area contributed by atoms with E-state index in [2.05, 4.69) is 13.8 Å². The highest BCUT2D eigenvalue weighted by Crippen LogP contribution is 2.43. The van der Waals surface area contributed by atoms with Crippen LogP contribution in [-0.2, 0) is 28.5 Å². The van der Waals surface area contributed by atoms with Gasteiger partial charge in [0.2, 0.25) is 0 Å². The SMILES string of the molecule is CCCCCCCOCC(COc1c2ccccc2c(OCC(COCCCCCCC)OC(=O)CC)c2cc(Cl)ccc12)OC(=O)CC. The molecular weight excluding hydrogens is 644 g/mol. The summed E-state index contributed by atoms with van der Waals surface area (Å²) >= 11 is 6.53. The summed E-state index contributed by atoms with van der Waals surface area (Å²) in [6.07, 6.45) is 10.8. The summed E-state index contributed by atoms with van der Waals surface area (Å²) in [6, 6.07) is 13.4. The first-order valence-corrected chi connectivity index (χ1v) is 18.7. The van der Waals surface area contributed by atoms with E-state index >= 15 is 0 Å². The van der Waals surface area contributed by atoms with Gasteiger partial charge in [-0.1, -0.05) is 115 Å². The molecule has 9 heteroatoms. The van der Waals surface area contributed by atoms with Crippen molar-refractivity contribution in [3.8, 4) is 11.5 Å². The van der Waals surface area contributed by atoms with Gasteiger partial charge in [-0.2, -0.15) is 0 Å². The number of ether oxygens (including phenoxy) is 6. The molecule has 0 spiro atoms. The predicted molar refractivity (Wildman–Crippen MR) is 197 cm³/mol. The minimum atomic E-state index is -0.576. The van der Waals surface area contributed by atoms with Crippen molar-refractivity contribution in [3.63, 3.8) is 0 Å². The molecule has 0 N–H and O–H groups in total. The number of benzene rings is 3. The molecule has 0 radical (unpaired) electrons. The van der Waals surface area contributed by atoms with Crippen molar-refractivity contribution < 1.29 is 38.0 Å². The fourth-order valence-electron chi connectivity index (χ4n) is 5.55. The highest BCUT2D eigenvalue weighted by molar-refractivity contribution is 6.31. The summed E-state index contributed by atoms with van der Waals surface area (Å²) in [5, 5.41) is 3.73. The van der Waals surface area contributed by atoms with E-state index in [-0.39, 0.29) is 51.2 Å². The van der Waals surface area contributed by atoms with E-state index in [4.69, 9.17) is 40.0 Å². The van der Waals surface area contributed by atoms with Crippen LogP contribution in [0.2, 0.25) is 5.02 Å². The van der Waals surface area contributed by atoms with Gasteiger partial charge in [-0.15, -0.1) is 0 Å². The van der Waals surface area contributed by atoms with Crippen molar-refractivity contribution in [1.29, 1.82) is 0 Å². The molecule has 3 rings (SSSR count). The molecular formula is C40H57ClO8. The van der Waals surface area contributed by atoms with Gasteiger partial charge in [0, 0.05) is 52.6 Å². The van der Waals surface area contributed by atoms with Crippen molar-refractivity contribution in [2.24, 2.45) is 0 Å². The Morgan fingerprint density at radius 3 is 1.49 bits per heavy atom. The lowest BCUT2D eigenvalue weighted by Crippen LogP contribution is -2.30. The maximum Gasteiger partial charge on any atom is 0.305 e. The van der Waals surface area contributed by atoms with Gasteiger partial charge in [0.15, 0.2) is 12.2 Å². The third kappa shape index (κ3) is 14.0. The quantitative estimate of drug-likeness (QED) is 0.0464. The van der Waals surface area contributed by atoms with Gasteiger partial charge in [-0.3, -0.25) is 9.59 Å². The molecule has 0 saturated heterocycles. The Kier molecular flexibility index (Phi) is 19.2. The van der Waals surface area contributed by atoms with Crippen LogP contribution in [0.4, 0.5) is 0 Å². The second kappa shape index (κ2) is 23.4. The molecule has 3 aromatic carbocycles. The lowest BCUT2D eigenvalue weighted by Gasteiger charge is -2.23. The summed E-state index contributed by atoms with van der Waals surface area (Å²) in [6.45, 7) is 9.87. The molecule has 3 aromatic rings. The zero-order valence-corrected chi connectivity index (χ0v) is 30.8. The van der Waals surface area contributed by atoms with Crippen molar-refractivity contribution in [3.05, 3.63) is 47.5 Å². The number of esters is 2. The topological polar surface area (TPSA) is 89.5 Å². The lowest BCUT2D eigenvalue weighted by atomic mass is 10.0. The summed E-state index contributed by atoms with van der Waals surface area (Å²) in [5.41, 5.74) is 0. The van der Waals surface area contributed by atoms with Crippen LogP contribution in [-0.4, -0.2) is 63.8 Å². The first kappa shape index (κ1) is 40.4. The van der Waals surface area contributed by atoms with Crippen LogP contribution in [0.3, 0.4) is 0 Å². The molecule has 2 atom stereocenters. The number of carbonyl (C=O) groups is 2. The van der Waals surface area contributed by atoms with Crippen LogP contribution in [0.25, 0.3) is 21.5 Å². The number of rotatable bonds is 26. The maximum atomic E-state index is 12.3. The number of hydrogen-bond acceptors (Lipinski definition) is 8. The van der Waals surface area contributed by atoms with Crippen molar-refractivity contribution in [2.75, 3.05) is 39.6 Å². The number of fused-ring (bicyclic) bond motifs is 2. The number of unbranched alkanes of at least 4 members (excludes halogenated alkanes) is 8. The minimum Gasteiger partial charge on any atom is -0.488 e. The van der Waals surface area contributed by atoms with Crippen LogP contribution < -0.4 is 9.47 Å². The molecule has 272 valence electrons. The molecule has 0 heterocycles. The highest BCUT2D eigenvalue weighted by atomic mass is 35.5. The Morgan fingerprint density at radius 1 is 0.571 bits per heavy atom. The Morgan fingerprint density at radius 2 is 1.02 bits per heavy atom. The molecule has 0 aliphatic heterocycles. The lowest BCUT2D eigenvalue weighted by molar-refractivity contribution is -0.154. The fourth-order valence-corrected chi connectivity index (χ4v) is 5.72. The van der Waals surface area contributed by atoms with Gasteiger partial charge in [0.25, 0.3) is 0 Å². The van der Waals surface area contributed by atoms with E-state index < -0.39 is 12.2 Å². The summed E-state index contributed by atoms with van der Waals surface area (Å²) in [5.74, 6) is 0.634. The third-order valence-corrected chi connectivity index (χ3v) is 8.51. The molecule has 0 aromatic heterocycles. The van der Waals surface area contributed by atoms with Gasteiger partial charge in [0.05, 0.1) is 13.2 Å². The molecule has 0 aliphatic rings. The summed E-state index contributed by atoms with van der Waals surface area (Å²) in [4.78, 5) is 24.6. The smallest absolute Gasteiger partial charge is 0.305 e. The zero-order valence-electron chi connectivity index (χ0n) is 30.1. The average molecular weight is 701 g/mol. The first-order chi connectivity index (χ1) is 23.9. The minimum absolute atomic E-state index is 0.109. The predicted octanol–water partition coefficient (Wildman–Crippen LogP) is 10.0.